The van der Waals surface area contributed by atoms with E-state index in [1.807, 2.05) is 6.07 Å². The Bertz CT molecular complexity index is 986. The van der Waals surface area contributed by atoms with Gasteiger partial charge in [-0.15, -0.1) is 0 Å². The molecule has 2 heterocycles. The predicted molar refractivity (Wildman–Crippen MR) is 108 cm³/mol. The largest absolute Gasteiger partial charge is 1.00 e. The molecule has 2 aromatic carbocycles. The first-order valence-electron chi connectivity index (χ1n) is 9.29. The number of carbonyl (C=O) groups is 1. The molecule has 0 amide bonds. The van der Waals surface area contributed by atoms with Crippen LogP contribution in [0.4, 0.5) is 0 Å². The summed E-state index contributed by atoms with van der Waals surface area (Å²) in [6.07, 6.45) is 6.64. The fourth-order valence-electron chi connectivity index (χ4n) is 3.74. The highest BCUT2D eigenvalue weighted by molar-refractivity contribution is 6.42. The van der Waals surface area contributed by atoms with Crippen LogP contribution in [0.15, 0.2) is 54.7 Å². The molecule has 0 N–H and O–H groups in total. The molecule has 0 aliphatic carbocycles. The third kappa shape index (κ3) is 4.35. The first-order chi connectivity index (χ1) is 13.1. The third-order valence-electron chi connectivity index (χ3n) is 5.12. The van der Waals surface area contributed by atoms with Crippen LogP contribution in [0.3, 0.4) is 0 Å². The molecule has 0 fully saturated rings. The smallest absolute Gasteiger partial charge is 0.257 e. The maximum Gasteiger partial charge on any atom is 0.257 e. The van der Waals surface area contributed by atoms with E-state index < -0.39 is 0 Å². The molecule has 28 heavy (non-hydrogen) atoms. The third-order valence-corrected chi connectivity index (χ3v) is 5.86. The molecule has 4 rings (SSSR count). The van der Waals surface area contributed by atoms with Gasteiger partial charge in [0.1, 0.15) is 6.20 Å². The van der Waals surface area contributed by atoms with Gasteiger partial charge in [0.2, 0.25) is 5.78 Å². The minimum atomic E-state index is 0. The highest BCUT2D eigenvalue weighted by Gasteiger charge is 2.27. The average molecular weight is 480 g/mol. The summed E-state index contributed by atoms with van der Waals surface area (Å²) in [6.45, 7) is 1.30. The van der Waals surface area contributed by atoms with Crippen molar-refractivity contribution in [3.63, 3.8) is 0 Å². The van der Waals surface area contributed by atoms with Gasteiger partial charge in [0, 0.05) is 17.5 Å². The van der Waals surface area contributed by atoms with Crippen LogP contribution in [0.5, 0.6) is 0 Å². The zero-order valence-electron chi connectivity index (χ0n) is 15.4. The van der Waals surface area contributed by atoms with Gasteiger partial charge in [-0.1, -0.05) is 53.5 Å². The topological polar surface area (TPSA) is 25.9 Å². The number of Topliss-reactive ketones (excluding diaryl/α,β-unsaturated/α-hetero) is 1. The molecule has 0 unspecified atom stereocenters. The molecule has 3 nitrogen and oxygen atoms in total. The number of fused-ring (bicyclic) bond motifs is 1. The Labute approximate surface area is 185 Å². The van der Waals surface area contributed by atoms with Crippen molar-refractivity contribution in [1.29, 1.82) is 0 Å². The zero-order valence-corrected chi connectivity index (χ0v) is 18.5. The van der Waals surface area contributed by atoms with Gasteiger partial charge >= 0.3 is 0 Å². The number of benzene rings is 2. The predicted octanol–water partition coefficient (Wildman–Crippen LogP) is 2.36. The van der Waals surface area contributed by atoms with E-state index in [-0.39, 0.29) is 22.8 Å². The van der Waals surface area contributed by atoms with Gasteiger partial charge in [0.25, 0.3) is 5.82 Å². The van der Waals surface area contributed by atoms with Gasteiger partial charge in [-0.2, -0.15) is 0 Å². The van der Waals surface area contributed by atoms with Gasteiger partial charge in [-0.25, -0.2) is 9.13 Å². The molecule has 1 aliphatic heterocycles. The van der Waals surface area contributed by atoms with Crippen molar-refractivity contribution < 1.29 is 26.3 Å². The lowest BCUT2D eigenvalue weighted by molar-refractivity contribution is -0.690. The minimum Gasteiger partial charge on any atom is -1.00 e. The quantitative estimate of drug-likeness (QED) is 0.416. The lowest BCUT2D eigenvalue weighted by Crippen LogP contribution is -3.00. The Balaban J connectivity index is 0.00000225. The van der Waals surface area contributed by atoms with Crippen molar-refractivity contribution in [3.8, 4) is 11.3 Å². The van der Waals surface area contributed by atoms with Crippen molar-refractivity contribution in [2.45, 2.75) is 38.8 Å². The number of rotatable bonds is 4. The Morgan fingerprint density at radius 2 is 1.79 bits per heavy atom. The lowest BCUT2D eigenvalue weighted by Gasteiger charge is -2.04. The number of aromatic nitrogens is 2. The van der Waals surface area contributed by atoms with Crippen LogP contribution >= 0.6 is 23.2 Å². The lowest BCUT2D eigenvalue weighted by atomic mass is 10.1. The van der Waals surface area contributed by atoms with Crippen molar-refractivity contribution >= 4 is 29.0 Å². The van der Waals surface area contributed by atoms with Crippen LogP contribution in [0.25, 0.3) is 11.3 Å². The Kier molecular flexibility index (Phi) is 6.97. The van der Waals surface area contributed by atoms with Crippen molar-refractivity contribution in [2.75, 3.05) is 0 Å². The molecule has 0 saturated heterocycles. The molecule has 6 heteroatoms. The molecular formula is C22H21BrCl2N2O. The maximum atomic E-state index is 12.9. The molecule has 0 atom stereocenters. The molecular weight excluding hydrogens is 459 g/mol. The molecule has 1 aliphatic rings. The van der Waals surface area contributed by atoms with Crippen LogP contribution in [-0.4, -0.2) is 10.4 Å². The van der Waals surface area contributed by atoms with Gasteiger partial charge in [0.05, 0.1) is 16.6 Å². The van der Waals surface area contributed by atoms with E-state index in [1.165, 1.54) is 29.9 Å². The highest BCUT2D eigenvalue weighted by Crippen LogP contribution is 2.25. The van der Waals surface area contributed by atoms with E-state index in [0.29, 0.717) is 22.2 Å². The molecule has 3 aromatic rings. The van der Waals surface area contributed by atoms with Crippen LogP contribution in [0.2, 0.25) is 10.0 Å². The first-order valence-corrected chi connectivity index (χ1v) is 10.0. The van der Waals surface area contributed by atoms with Gasteiger partial charge in [-0.05, 0) is 37.5 Å². The fraction of sp³-hybridized carbons (Fsp3) is 0.273. The monoisotopic (exact) mass is 478 g/mol. The maximum absolute atomic E-state index is 12.9. The summed E-state index contributed by atoms with van der Waals surface area (Å²) in [5.74, 6) is 1.26. The Morgan fingerprint density at radius 1 is 1.00 bits per heavy atom. The summed E-state index contributed by atoms with van der Waals surface area (Å²) in [4.78, 5) is 12.9. The summed E-state index contributed by atoms with van der Waals surface area (Å²) < 4.78 is 4.49. The van der Waals surface area contributed by atoms with Crippen molar-refractivity contribution in [3.05, 3.63) is 76.2 Å². The summed E-state index contributed by atoms with van der Waals surface area (Å²) in [5, 5.41) is 0.873. The van der Waals surface area contributed by atoms with E-state index in [0.717, 1.165) is 19.4 Å². The first kappa shape index (κ1) is 21.1. The number of halogens is 3. The summed E-state index contributed by atoms with van der Waals surface area (Å²) >= 11 is 12.1. The second-order valence-corrected chi connectivity index (χ2v) is 7.75. The normalized spacial score (nSPS) is 13.4. The molecule has 0 spiro atoms. The summed E-state index contributed by atoms with van der Waals surface area (Å²) in [6, 6.07) is 15.4. The van der Waals surface area contributed by atoms with E-state index >= 15 is 0 Å². The summed E-state index contributed by atoms with van der Waals surface area (Å²) in [5.41, 5.74) is 2.95. The molecule has 0 bridgehead atoms. The Hall–Kier alpha value is -1.62. The average Bonchev–Trinajstić information content (AvgIpc) is 2.85. The molecule has 1 aromatic heterocycles. The van der Waals surface area contributed by atoms with Gasteiger partial charge < -0.3 is 17.0 Å². The molecule has 146 valence electrons. The number of ketones is 1. The van der Waals surface area contributed by atoms with Gasteiger partial charge in [-0.3, -0.25) is 4.79 Å². The van der Waals surface area contributed by atoms with E-state index in [2.05, 4.69) is 39.6 Å². The second-order valence-electron chi connectivity index (χ2n) is 6.94. The van der Waals surface area contributed by atoms with Crippen molar-refractivity contribution in [1.82, 2.24) is 4.57 Å². The van der Waals surface area contributed by atoms with Crippen molar-refractivity contribution in [2.24, 2.45) is 0 Å². The fourth-order valence-corrected chi connectivity index (χ4v) is 4.03. The van der Waals surface area contributed by atoms with Gasteiger partial charge in [0.15, 0.2) is 12.2 Å². The number of carbonyl (C=O) groups excluding carboxylic acids is 1. The van der Waals surface area contributed by atoms with Crippen LogP contribution < -0.4 is 21.5 Å². The SMILES string of the molecule is O=C(C[n+]1cc(-c2ccccc2)n2c1CCCCC2)c1ccc(Cl)c(Cl)c1.[Br-]. The number of imidazole rings is 1. The number of hydrogen-bond acceptors (Lipinski definition) is 1. The molecule has 0 saturated carbocycles. The summed E-state index contributed by atoms with van der Waals surface area (Å²) in [7, 11) is 0. The number of hydrogen-bond donors (Lipinski definition) is 0. The Morgan fingerprint density at radius 3 is 2.54 bits per heavy atom. The number of nitrogens with zero attached hydrogens (tertiary/aromatic N) is 2. The minimum absolute atomic E-state index is 0. The van der Waals surface area contributed by atoms with Crippen LogP contribution in [0.1, 0.15) is 35.4 Å². The molecule has 0 radical (unpaired) electrons. The van der Waals surface area contributed by atoms with Crippen LogP contribution in [-0.2, 0) is 19.5 Å². The highest BCUT2D eigenvalue weighted by atomic mass is 79.9. The van der Waals surface area contributed by atoms with E-state index in [4.69, 9.17) is 23.2 Å². The standard InChI is InChI=1S/C22H21Cl2N2O.BrH/c23-18-11-10-17(13-19(18)24)21(27)15-25-14-20(16-7-3-1-4-8-16)26-12-6-2-5-9-22(25)26;/h1,3-4,7-8,10-11,13-14H,2,5-6,9,12,15H2;1H/q+1;/p-1. The second kappa shape index (κ2) is 9.25. The zero-order chi connectivity index (χ0) is 18.8. The van der Waals surface area contributed by atoms with E-state index in [1.54, 1.807) is 18.2 Å². The van der Waals surface area contributed by atoms with Crippen LogP contribution in [0, 0.1) is 0 Å². The van der Waals surface area contributed by atoms with E-state index in [9.17, 15) is 4.79 Å².